The molecular weight excluding hydrogens is 144 g/mol. The maximum atomic E-state index is 11.9. The van der Waals surface area contributed by atoms with Crippen LogP contribution in [0.15, 0.2) is 0 Å². The molecule has 0 spiro atoms. The minimum absolute atomic E-state index is 1.46. The minimum atomic E-state index is -3.13. The predicted molar refractivity (Wildman–Crippen MR) is 20.6 cm³/mol. The Morgan fingerprint density at radius 3 is 2.00 bits per heavy atom. The molecule has 2 atom stereocenters. The van der Waals surface area contributed by atoms with Crippen LogP contribution in [0.2, 0.25) is 0 Å². The van der Waals surface area contributed by atoms with Crippen LogP contribution in [0.3, 0.4) is 0 Å². The van der Waals surface area contributed by atoms with E-state index in [1.807, 2.05) is 0 Å². The highest BCUT2D eigenvalue weighted by Crippen LogP contribution is 2.45. The SMILES string of the molecule is FC(F)C1(F)OC1Cl. The Labute approximate surface area is 48.4 Å². The van der Waals surface area contributed by atoms with Crippen molar-refractivity contribution in [2.75, 3.05) is 0 Å². The first-order valence-corrected chi connectivity index (χ1v) is 2.30. The van der Waals surface area contributed by atoms with Gasteiger partial charge in [-0.15, -0.1) is 0 Å². The summed E-state index contributed by atoms with van der Waals surface area (Å²) in [7, 11) is 0. The molecule has 1 heterocycles. The highest BCUT2D eigenvalue weighted by molar-refractivity contribution is 6.21. The third-order valence-corrected chi connectivity index (χ3v) is 1.22. The zero-order valence-corrected chi connectivity index (χ0v) is 4.33. The van der Waals surface area contributed by atoms with Gasteiger partial charge < -0.3 is 4.74 Å². The lowest BCUT2D eigenvalue weighted by Crippen LogP contribution is -2.16. The largest absolute Gasteiger partial charge is 0.312 e. The molecule has 1 nitrogen and oxygen atoms in total. The van der Waals surface area contributed by atoms with Crippen molar-refractivity contribution in [1.29, 1.82) is 0 Å². The first-order valence-electron chi connectivity index (χ1n) is 1.86. The molecule has 1 rings (SSSR count). The maximum Gasteiger partial charge on any atom is 0.312 e. The molecule has 0 saturated carbocycles. The summed E-state index contributed by atoms with van der Waals surface area (Å²) in [4.78, 5) is 0. The summed E-state index contributed by atoms with van der Waals surface area (Å²) in [6.07, 6.45) is -3.13. The zero-order chi connectivity index (χ0) is 6.36. The van der Waals surface area contributed by atoms with Crippen molar-refractivity contribution in [2.24, 2.45) is 0 Å². The van der Waals surface area contributed by atoms with Crippen molar-refractivity contribution < 1.29 is 17.9 Å². The van der Waals surface area contributed by atoms with Crippen molar-refractivity contribution in [3.63, 3.8) is 0 Å². The Morgan fingerprint density at radius 2 is 2.00 bits per heavy atom. The molecule has 0 aromatic rings. The summed E-state index contributed by atoms with van der Waals surface area (Å²) < 4.78 is 38.2. The molecule has 1 aliphatic heterocycles. The molecule has 2 unspecified atom stereocenters. The van der Waals surface area contributed by atoms with E-state index in [1.54, 1.807) is 0 Å². The normalized spacial score (nSPS) is 45.4. The van der Waals surface area contributed by atoms with Gasteiger partial charge in [-0.05, 0) is 0 Å². The van der Waals surface area contributed by atoms with Crippen LogP contribution in [0.25, 0.3) is 0 Å². The molecule has 5 heteroatoms. The molecule has 0 aromatic carbocycles. The van der Waals surface area contributed by atoms with E-state index in [1.165, 1.54) is 0 Å². The van der Waals surface area contributed by atoms with E-state index < -0.39 is 17.8 Å². The molecule has 8 heavy (non-hydrogen) atoms. The molecular formula is C3H2ClF3O. The van der Waals surface area contributed by atoms with E-state index in [-0.39, 0.29) is 0 Å². The monoisotopic (exact) mass is 146 g/mol. The summed E-state index contributed by atoms with van der Waals surface area (Å²) in [5.74, 6) is -2.86. The standard InChI is InChI=1S/C3H2ClF3O/c4-1-3(7,8-1)2(5)6/h1-2H. The van der Waals surface area contributed by atoms with Gasteiger partial charge in [0.2, 0.25) is 0 Å². The first-order chi connectivity index (χ1) is 3.57. The third kappa shape index (κ3) is 0.678. The van der Waals surface area contributed by atoms with Crippen LogP contribution in [0.4, 0.5) is 13.2 Å². The molecule has 0 bridgehead atoms. The lowest BCUT2D eigenvalue weighted by atomic mass is 10.5. The van der Waals surface area contributed by atoms with Crippen molar-refractivity contribution >= 4 is 11.6 Å². The Kier molecular flexibility index (Phi) is 1.16. The fourth-order valence-corrected chi connectivity index (χ4v) is 0.507. The van der Waals surface area contributed by atoms with Gasteiger partial charge in [0.05, 0.1) is 0 Å². The molecule has 1 saturated heterocycles. The fourth-order valence-electron chi connectivity index (χ4n) is 0.275. The molecule has 0 aliphatic carbocycles. The van der Waals surface area contributed by atoms with Crippen molar-refractivity contribution in [3.05, 3.63) is 0 Å². The zero-order valence-electron chi connectivity index (χ0n) is 3.57. The van der Waals surface area contributed by atoms with Gasteiger partial charge in [0.1, 0.15) is 0 Å². The van der Waals surface area contributed by atoms with Gasteiger partial charge in [-0.25, -0.2) is 13.2 Å². The van der Waals surface area contributed by atoms with Gasteiger partial charge in [0, 0.05) is 0 Å². The summed E-state index contributed by atoms with van der Waals surface area (Å²) >= 11 is 4.81. The number of halogens is 4. The first kappa shape index (κ1) is 6.16. The van der Waals surface area contributed by atoms with Gasteiger partial charge >= 0.3 is 5.85 Å². The Hall–Kier alpha value is 0.0400. The topological polar surface area (TPSA) is 12.5 Å². The number of alkyl halides is 4. The van der Waals surface area contributed by atoms with Crippen molar-refractivity contribution in [3.8, 4) is 0 Å². The van der Waals surface area contributed by atoms with Crippen LogP contribution in [-0.2, 0) is 4.74 Å². The van der Waals surface area contributed by atoms with Crippen molar-refractivity contribution in [1.82, 2.24) is 0 Å². The second-order valence-electron chi connectivity index (χ2n) is 1.43. The average molecular weight is 146 g/mol. The van der Waals surface area contributed by atoms with Gasteiger partial charge in [-0.3, -0.25) is 0 Å². The second-order valence-corrected chi connectivity index (χ2v) is 1.83. The van der Waals surface area contributed by atoms with E-state index >= 15 is 0 Å². The van der Waals surface area contributed by atoms with Crippen LogP contribution < -0.4 is 0 Å². The minimum Gasteiger partial charge on any atom is -0.312 e. The lowest BCUT2D eigenvalue weighted by Gasteiger charge is -1.94. The number of hydrogen-bond donors (Lipinski definition) is 0. The number of rotatable bonds is 1. The van der Waals surface area contributed by atoms with Crippen LogP contribution in [0.1, 0.15) is 0 Å². The Bertz CT molecular complexity index is 109. The highest BCUT2D eigenvalue weighted by Gasteiger charge is 2.65. The molecule has 0 radical (unpaired) electrons. The Balaban J connectivity index is 2.47. The highest BCUT2D eigenvalue weighted by atomic mass is 35.5. The number of hydrogen-bond acceptors (Lipinski definition) is 1. The fraction of sp³-hybridized carbons (Fsp3) is 1.00. The summed E-state index contributed by atoms with van der Waals surface area (Å²) in [5, 5.41) is 0. The number of epoxide rings is 1. The van der Waals surface area contributed by atoms with Gasteiger partial charge in [-0.2, -0.15) is 0 Å². The molecule has 1 fully saturated rings. The van der Waals surface area contributed by atoms with Crippen LogP contribution in [0, 0.1) is 0 Å². The van der Waals surface area contributed by atoms with Crippen LogP contribution in [-0.4, -0.2) is 17.8 Å². The second kappa shape index (κ2) is 1.51. The smallest absolute Gasteiger partial charge is 0.312 e. The van der Waals surface area contributed by atoms with E-state index in [0.29, 0.717) is 0 Å². The van der Waals surface area contributed by atoms with Crippen LogP contribution in [0.5, 0.6) is 0 Å². The van der Waals surface area contributed by atoms with Gasteiger partial charge in [0.15, 0.2) is 5.56 Å². The average Bonchev–Trinajstić information content (AvgIpc) is 2.17. The van der Waals surface area contributed by atoms with E-state index in [4.69, 9.17) is 11.6 Å². The summed E-state index contributed by atoms with van der Waals surface area (Å²) in [6.45, 7) is 0. The third-order valence-electron chi connectivity index (χ3n) is 0.834. The maximum absolute atomic E-state index is 11.9. The van der Waals surface area contributed by atoms with Crippen molar-refractivity contribution in [2.45, 2.75) is 17.8 Å². The van der Waals surface area contributed by atoms with E-state index in [0.717, 1.165) is 0 Å². The molecule has 0 N–H and O–H groups in total. The summed E-state index contributed by atoms with van der Waals surface area (Å²) in [6, 6.07) is 0. The summed E-state index contributed by atoms with van der Waals surface area (Å²) in [5.41, 5.74) is -1.46. The number of ether oxygens (including phenoxy) is 1. The van der Waals surface area contributed by atoms with Gasteiger partial charge in [-0.1, -0.05) is 11.6 Å². The molecule has 0 amide bonds. The van der Waals surface area contributed by atoms with E-state index in [2.05, 4.69) is 4.74 Å². The lowest BCUT2D eigenvalue weighted by molar-refractivity contribution is -0.0327. The van der Waals surface area contributed by atoms with E-state index in [9.17, 15) is 13.2 Å². The molecule has 48 valence electrons. The molecule has 0 aromatic heterocycles. The van der Waals surface area contributed by atoms with Crippen LogP contribution >= 0.6 is 11.6 Å². The van der Waals surface area contributed by atoms with Gasteiger partial charge in [0.25, 0.3) is 6.43 Å². The Morgan fingerprint density at radius 1 is 1.62 bits per heavy atom. The molecule has 1 aliphatic rings. The predicted octanol–water partition coefficient (Wildman–Crippen LogP) is 1.51. The quantitative estimate of drug-likeness (QED) is 0.404.